The maximum Gasteiger partial charge on any atom is 0.249 e. The van der Waals surface area contributed by atoms with Gasteiger partial charge in [-0.1, -0.05) is 85.3 Å². The number of anilines is 2. The van der Waals surface area contributed by atoms with Crippen LogP contribution in [0.3, 0.4) is 0 Å². The maximum absolute atomic E-state index is 13.0. The fourth-order valence-electron chi connectivity index (χ4n) is 4.25. The molecule has 0 saturated carbocycles. The van der Waals surface area contributed by atoms with Gasteiger partial charge in [0.05, 0.1) is 12.1 Å². The van der Waals surface area contributed by atoms with Crippen molar-refractivity contribution in [2.75, 3.05) is 16.8 Å². The highest BCUT2D eigenvalue weighted by Gasteiger charge is 2.17. The zero-order valence-electron chi connectivity index (χ0n) is 21.3. The number of primary amides is 1. The number of pyridine rings is 1. The zero-order valence-corrected chi connectivity index (χ0v) is 21.3. The number of nitrogens with zero attached hydrogens (tertiary/aromatic N) is 2. The lowest BCUT2D eigenvalue weighted by Crippen LogP contribution is -2.25. The average molecular weight is 493 g/mol. The summed E-state index contributed by atoms with van der Waals surface area (Å²) in [5.41, 5.74) is 11.1. The summed E-state index contributed by atoms with van der Waals surface area (Å²) in [6, 6.07) is 28.9. The van der Waals surface area contributed by atoms with Crippen LogP contribution >= 0.6 is 0 Å². The summed E-state index contributed by atoms with van der Waals surface area (Å²) < 4.78 is 0. The minimum absolute atomic E-state index is 0.125. The Hall–Kier alpha value is -4.45. The SMILES string of the molecule is CCCN(Cc1ccccc1)c1cc(NC(=O)Cc2ccc(C)cc2)cc(-c2ccccc2C(N)=O)n1. The minimum atomic E-state index is -0.526. The summed E-state index contributed by atoms with van der Waals surface area (Å²) in [6.45, 7) is 5.58. The summed E-state index contributed by atoms with van der Waals surface area (Å²) in [6.07, 6.45) is 1.18. The van der Waals surface area contributed by atoms with Gasteiger partial charge < -0.3 is 16.0 Å². The molecule has 0 radical (unpaired) electrons. The van der Waals surface area contributed by atoms with Crippen molar-refractivity contribution < 1.29 is 9.59 Å². The topological polar surface area (TPSA) is 88.3 Å². The van der Waals surface area contributed by atoms with Crippen molar-refractivity contribution in [3.63, 3.8) is 0 Å². The lowest BCUT2D eigenvalue weighted by Gasteiger charge is -2.25. The van der Waals surface area contributed by atoms with Crippen molar-refractivity contribution in [2.24, 2.45) is 5.73 Å². The van der Waals surface area contributed by atoms with E-state index in [9.17, 15) is 9.59 Å². The van der Waals surface area contributed by atoms with Crippen LogP contribution in [-0.4, -0.2) is 23.3 Å². The second kappa shape index (κ2) is 12.0. The number of nitrogens with one attached hydrogen (secondary N) is 1. The van der Waals surface area contributed by atoms with Crippen molar-refractivity contribution in [1.82, 2.24) is 4.98 Å². The number of aromatic nitrogens is 1. The monoisotopic (exact) mass is 492 g/mol. The van der Waals surface area contributed by atoms with Crippen LogP contribution in [0.1, 0.15) is 40.4 Å². The first-order chi connectivity index (χ1) is 17.9. The van der Waals surface area contributed by atoms with E-state index in [2.05, 4.69) is 29.3 Å². The maximum atomic E-state index is 13.0. The van der Waals surface area contributed by atoms with Crippen LogP contribution in [0.25, 0.3) is 11.3 Å². The second-order valence-electron chi connectivity index (χ2n) is 9.13. The molecule has 0 atom stereocenters. The van der Waals surface area contributed by atoms with Crippen LogP contribution in [-0.2, 0) is 17.8 Å². The molecular formula is C31H32N4O2. The first kappa shape index (κ1) is 25.6. The molecule has 0 unspecified atom stereocenters. The molecule has 2 amide bonds. The molecule has 4 rings (SSSR count). The van der Waals surface area contributed by atoms with E-state index < -0.39 is 5.91 Å². The highest BCUT2D eigenvalue weighted by Crippen LogP contribution is 2.29. The molecule has 1 aromatic heterocycles. The molecule has 6 nitrogen and oxygen atoms in total. The van der Waals surface area contributed by atoms with Crippen LogP contribution in [0.5, 0.6) is 0 Å². The largest absolute Gasteiger partial charge is 0.366 e. The van der Waals surface area contributed by atoms with Gasteiger partial charge in [-0.25, -0.2) is 4.98 Å². The third-order valence-electron chi connectivity index (χ3n) is 6.08. The van der Waals surface area contributed by atoms with Gasteiger partial charge in [0, 0.05) is 36.0 Å². The van der Waals surface area contributed by atoms with Gasteiger partial charge in [0.1, 0.15) is 5.82 Å². The molecule has 0 fully saturated rings. The van der Waals surface area contributed by atoms with Gasteiger partial charge in [-0.15, -0.1) is 0 Å². The molecule has 4 aromatic rings. The summed E-state index contributed by atoms with van der Waals surface area (Å²) in [5, 5.41) is 3.04. The van der Waals surface area contributed by atoms with Crippen LogP contribution in [0.15, 0.2) is 91.0 Å². The number of carbonyl (C=O) groups is 2. The molecule has 6 heteroatoms. The van der Waals surface area contributed by atoms with Crippen LogP contribution in [0.2, 0.25) is 0 Å². The van der Waals surface area contributed by atoms with Gasteiger partial charge >= 0.3 is 0 Å². The molecule has 0 aliphatic rings. The standard InChI is InChI=1S/C31H32N4O2/c1-3-17-35(21-24-9-5-4-6-10-24)29-20-25(33-30(36)18-23-15-13-22(2)14-16-23)19-28(34-29)26-11-7-8-12-27(26)31(32)37/h4-16,19-20H,3,17-18,21H2,1-2H3,(H2,32,37)(H,33,34,36). The summed E-state index contributed by atoms with van der Waals surface area (Å²) in [4.78, 5) is 32.2. The zero-order chi connectivity index (χ0) is 26.2. The van der Waals surface area contributed by atoms with E-state index >= 15 is 0 Å². The Labute approximate surface area is 218 Å². The third-order valence-corrected chi connectivity index (χ3v) is 6.08. The van der Waals surface area contributed by atoms with Crippen LogP contribution < -0.4 is 16.0 Å². The van der Waals surface area contributed by atoms with E-state index in [0.29, 0.717) is 34.9 Å². The van der Waals surface area contributed by atoms with Gasteiger partial charge in [-0.3, -0.25) is 9.59 Å². The molecule has 0 saturated heterocycles. The van der Waals surface area contributed by atoms with Gasteiger partial charge in [0.15, 0.2) is 0 Å². The predicted octanol–water partition coefficient (Wildman–Crippen LogP) is 5.75. The van der Waals surface area contributed by atoms with E-state index in [1.807, 2.05) is 67.6 Å². The van der Waals surface area contributed by atoms with Gasteiger partial charge in [-0.2, -0.15) is 0 Å². The van der Waals surface area contributed by atoms with Crippen LogP contribution in [0.4, 0.5) is 11.5 Å². The normalized spacial score (nSPS) is 10.6. The summed E-state index contributed by atoms with van der Waals surface area (Å²) in [7, 11) is 0. The highest BCUT2D eigenvalue weighted by molar-refractivity contribution is 6.00. The lowest BCUT2D eigenvalue weighted by atomic mass is 10.0. The number of hydrogen-bond donors (Lipinski definition) is 2. The Morgan fingerprint density at radius 1 is 0.892 bits per heavy atom. The van der Waals surface area contributed by atoms with Gasteiger partial charge in [0.2, 0.25) is 11.8 Å². The van der Waals surface area contributed by atoms with Crippen molar-refractivity contribution in [3.05, 3.63) is 113 Å². The Kier molecular flexibility index (Phi) is 8.31. The second-order valence-corrected chi connectivity index (χ2v) is 9.13. The number of nitrogens with two attached hydrogens (primary N) is 1. The Bertz CT molecular complexity index is 1370. The molecule has 0 bridgehead atoms. The Morgan fingerprint density at radius 3 is 2.30 bits per heavy atom. The molecule has 3 aromatic carbocycles. The minimum Gasteiger partial charge on any atom is -0.366 e. The number of rotatable bonds is 10. The van der Waals surface area contributed by atoms with E-state index in [4.69, 9.17) is 10.7 Å². The molecule has 0 spiro atoms. The number of hydrogen-bond acceptors (Lipinski definition) is 4. The van der Waals surface area contributed by atoms with E-state index in [1.54, 1.807) is 18.2 Å². The predicted molar refractivity (Wildman–Crippen MR) is 149 cm³/mol. The summed E-state index contributed by atoms with van der Waals surface area (Å²) >= 11 is 0. The molecule has 37 heavy (non-hydrogen) atoms. The van der Waals surface area contributed by atoms with E-state index in [-0.39, 0.29) is 12.3 Å². The molecular weight excluding hydrogens is 460 g/mol. The van der Waals surface area contributed by atoms with E-state index in [0.717, 1.165) is 29.7 Å². The molecule has 188 valence electrons. The molecule has 0 aliphatic carbocycles. The molecule has 1 heterocycles. The van der Waals surface area contributed by atoms with Crippen molar-refractivity contribution in [2.45, 2.75) is 33.2 Å². The number of benzene rings is 3. The van der Waals surface area contributed by atoms with E-state index in [1.165, 1.54) is 0 Å². The van der Waals surface area contributed by atoms with Crippen molar-refractivity contribution in [3.8, 4) is 11.3 Å². The molecule has 3 N–H and O–H groups in total. The van der Waals surface area contributed by atoms with Crippen molar-refractivity contribution in [1.29, 1.82) is 0 Å². The quantitative estimate of drug-likeness (QED) is 0.295. The van der Waals surface area contributed by atoms with Crippen molar-refractivity contribution >= 4 is 23.3 Å². The van der Waals surface area contributed by atoms with Gasteiger partial charge in [0.25, 0.3) is 0 Å². The van der Waals surface area contributed by atoms with Gasteiger partial charge in [-0.05, 0) is 36.6 Å². The first-order valence-electron chi connectivity index (χ1n) is 12.5. The third kappa shape index (κ3) is 6.82. The number of aryl methyl sites for hydroxylation is 1. The average Bonchev–Trinajstić information content (AvgIpc) is 2.90. The lowest BCUT2D eigenvalue weighted by molar-refractivity contribution is -0.115. The van der Waals surface area contributed by atoms with Crippen LogP contribution in [0, 0.1) is 6.92 Å². The fourth-order valence-corrected chi connectivity index (χ4v) is 4.25. The first-order valence-corrected chi connectivity index (χ1v) is 12.5. The molecule has 0 aliphatic heterocycles. The Balaban J connectivity index is 1.72. The highest BCUT2D eigenvalue weighted by atomic mass is 16.1. The number of amides is 2. The summed E-state index contributed by atoms with van der Waals surface area (Å²) in [5.74, 6) is 0.0656. The number of carbonyl (C=O) groups excluding carboxylic acids is 2. The fraction of sp³-hybridized carbons (Fsp3) is 0.194. The Morgan fingerprint density at radius 2 is 1.59 bits per heavy atom. The smallest absolute Gasteiger partial charge is 0.249 e.